The highest BCUT2D eigenvalue weighted by atomic mass is 19.4. The van der Waals surface area contributed by atoms with E-state index in [2.05, 4.69) is 45.9 Å². The van der Waals surface area contributed by atoms with E-state index in [0.29, 0.717) is 39.9 Å². The summed E-state index contributed by atoms with van der Waals surface area (Å²) in [5.41, 5.74) is 7.22. The molecule has 0 N–H and O–H groups in total. The largest absolute Gasteiger partial charge is 0.416 e. The highest BCUT2D eigenvalue weighted by Crippen LogP contribution is 2.44. The molecule has 0 radical (unpaired) electrons. The summed E-state index contributed by atoms with van der Waals surface area (Å²) in [7, 11) is 0. The second-order valence-electron chi connectivity index (χ2n) is 16.3. The lowest BCUT2D eigenvalue weighted by atomic mass is 9.99. The minimum Gasteiger partial charge on any atom is -0.309 e. The Labute approximate surface area is 373 Å². The van der Waals surface area contributed by atoms with Crippen molar-refractivity contribution in [2.75, 3.05) is 0 Å². The standard InChI is InChI=1S/C54H34F6N6/c1-31-13-18-44-38(25-31)39-26-32(2)14-19-45(39)65(44)46-20-15-35(52-63-50(33-9-5-3-6-10-33)62-51(64-52)34-11-7-4-8-12-34)27-40(46)43-30-61-24-23-49(43)66-47-21-16-36(53(55,56)57)28-41(47)42-29-37(54(58,59)60)17-22-48(42)66/h3-30H,1-2H3. The molecule has 0 fully saturated rings. The molecule has 0 saturated carbocycles. The lowest BCUT2D eigenvalue weighted by Crippen LogP contribution is -2.05. The Morgan fingerprint density at radius 3 is 1.29 bits per heavy atom. The minimum absolute atomic E-state index is 0.0165. The first-order valence-electron chi connectivity index (χ1n) is 21.0. The van der Waals surface area contributed by atoms with Crippen LogP contribution in [0.3, 0.4) is 0 Å². The molecule has 6 nitrogen and oxygen atoms in total. The molecule has 0 atom stereocenters. The molecule has 0 spiro atoms. The van der Waals surface area contributed by atoms with Gasteiger partial charge in [0.15, 0.2) is 17.5 Å². The van der Waals surface area contributed by atoms with Crippen molar-refractivity contribution in [3.05, 3.63) is 192 Å². The van der Waals surface area contributed by atoms with Crippen LogP contribution in [0, 0.1) is 13.8 Å². The molecule has 4 heterocycles. The van der Waals surface area contributed by atoms with Gasteiger partial charge in [0.1, 0.15) is 0 Å². The molecule has 66 heavy (non-hydrogen) atoms. The summed E-state index contributed by atoms with van der Waals surface area (Å²) >= 11 is 0. The van der Waals surface area contributed by atoms with Crippen molar-refractivity contribution in [3.8, 4) is 56.7 Å². The van der Waals surface area contributed by atoms with Crippen LogP contribution in [0.15, 0.2) is 170 Å². The van der Waals surface area contributed by atoms with Gasteiger partial charge in [-0.3, -0.25) is 4.98 Å². The number of halogens is 6. The molecule has 322 valence electrons. The maximum absolute atomic E-state index is 14.3. The van der Waals surface area contributed by atoms with Crippen LogP contribution in [0.1, 0.15) is 22.3 Å². The van der Waals surface area contributed by atoms with Gasteiger partial charge < -0.3 is 9.13 Å². The van der Waals surface area contributed by atoms with Gasteiger partial charge in [-0.15, -0.1) is 0 Å². The summed E-state index contributed by atoms with van der Waals surface area (Å²) in [6.45, 7) is 4.09. The average molecular weight is 881 g/mol. The van der Waals surface area contributed by atoms with E-state index in [9.17, 15) is 26.3 Å². The summed E-state index contributed by atoms with van der Waals surface area (Å²) in [5, 5.41) is 2.11. The highest BCUT2D eigenvalue weighted by molar-refractivity contribution is 6.12. The van der Waals surface area contributed by atoms with Crippen LogP contribution in [0.5, 0.6) is 0 Å². The fraction of sp³-hybridized carbons (Fsp3) is 0.0741. The van der Waals surface area contributed by atoms with Crippen molar-refractivity contribution in [3.63, 3.8) is 0 Å². The summed E-state index contributed by atoms with van der Waals surface area (Å²) in [4.78, 5) is 19.5. The van der Waals surface area contributed by atoms with Gasteiger partial charge >= 0.3 is 12.4 Å². The van der Waals surface area contributed by atoms with Gasteiger partial charge in [0.25, 0.3) is 0 Å². The molecule has 0 saturated heterocycles. The Morgan fingerprint density at radius 1 is 0.394 bits per heavy atom. The van der Waals surface area contributed by atoms with Crippen molar-refractivity contribution < 1.29 is 26.3 Å². The fourth-order valence-corrected chi connectivity index (χ4v) is 8.96. The van der Waals surface area contributed by atoms with E-state index in [1.807, 2.05) is 92.7 Å². The number of aryl methyl sites for hydroxylation is 2. The van der Waals surface area contributed by atoms with Crippen LogP contribution in [-0.2, 0) is 12.4 Å². The zero-order chi connectivity index (χ0) is 45.5. The molecule has 0 aliphatic heterocycles. The van der Waals surface area contributed by atoms with E-state index in [1.165, 1.54) is 12.1 Å². The Hall–Kier alpha value is -8.12. The number of hydrogen-bond acceptors (Lipinski definition) is 4. The summed E-state index contributed by atoms with van der Waals surface area (Å²) < 4.78 is 89.4. The zero-order valence-electron chi connectivity index (χ0n) is 35.1. The SMILES string of the molecule is Cc1ccc2c(c1)c1cc(C)ccc1n2-c1ccc(-c2nc(-c3ccccc3)nc(-c3ccccc3)n2)cc1-c1cnccc1-n1c2ccc(C(F)(F)F)cc2c2cc(C(F)(F)F)ccc21. The van der Waals surface area contributed by atoms with Crippen molar-refractivity contribution >= 4 is 43.6 Å². The van der Waals surface area contributed by atoms with E-state index < -0.39 is 23.5 Å². The molecule has 7 aromatic carbocycles. The summed E-state index contributed by atoms with van der Waals surface area (Å²) in [5.74, 6) is 1.30. The maximum Gasteiger partial charge on any atom is 0.416 e. The number of nitrogens with zero attached hydrogens (tertiary/aromatic N) is 6. The molecule has 0 amide bonds. The minimum atomic E-state index is -4.74. The van der Waals surface area contributed by atoms with Crippen LogP contribution >= 0.6 is 0 Å². The Bertz CT molecular complexity index is 3520. The second kappa shape index (κ2) is 15.3. The normalized spacial score (nSPS) is 12.2. The number of aromatic nitrogens is 6. The molecule has 0 bridgehead atoms. The van der Waals surface area contributed by atoms with E-state index in [-0.39, 0.29) is 21.8 Å². The Kier molecular flexibility index (Phi) is 9.40. The van der Waals surface area contributed by atoms with E-state index in [1.54, 1.807) is 23.0 Å². The molecule has 11 aromatic rings. The van der Waals surface area contributed by atoms with Gasteiger partial charge in [-0.2, -0.15) is 26.3 Å². The Balaban J connectivity index is 1.23. The first-order chi connectivity index (χ1) is 31.8. The van der Waals surface area contributed by atoms with Gasteiger partial charge in [0.05, 0.1) is 44.6 Å². The van der Waals surface area contributed by atoms with Gasteiger partial charge in [-0.25, -0.2) is 15.0 Å². The lowest BCUT2D eigenvalue weighted by Gasteiger charge is -2.19. The Morgan fingerprint density at radius 2 is 0.818 bits per heavy atom. The van der Waals surface area contributed by atoms with Crippen LogP contribution < -0.4 is 0 Å². The van der Waals surface area contributed by atoms with Crippen LogP contribution in [0.2, 0.25) is 0 Å². The molecular formula is C54H34F6N6. The van der Waals surface area contributed by atoms with Gasteiger partial charge in [-0.1, -0.05) is 83.9 Å². The number of fused-ring (bicyclic) bond motifs is 6. The van der Waals surface area contributed by atoms with Gasteiger partial charge in [-0.05, 0) is 98.8 Å². The van der Waals surface area contributed by atoms with Crippen molar-refractivity contribution in [2.45, 2.75) is 26.2 Å². The predicted octanol–water partition coefficient (Wildman–Crippen LogP) is 14.8. The van der Waals surface area contributed by atoms with Crippen molar-refractivity contribution in [2.24, 2.45) is 0 Å². The zero-order valence-corrected chi connectivity index (χ0v) is 35.1. The quantitative estimate of drug-likeness (QED) is 0.156. The third-order valence-electron chi connectivity index (χ3n) is 12.0. The first-order valence-corrected chi connectivity index (χ1v) is 21.0. The third-order valence-corrected chi connectivity index (χ3v) is 12.0. The molecule has 0 unspecified atom stereocenters. The molecule has 0 aliphatic rings. The molecule has 12 heteroatoms. The summed E-state index contributed by atoms with van der Waals surface area (Å²) in [6.07, 6.45) is -6.25. The second-order valence-corrected chi connectivity index (χ2v) is 16.3. The smallest absolute Gasteiger partial charge is 0.309 e. The predicted molar refractivity (Wildman–Crippen MR) is 248 cm³/mol. The van der Waals surface area contributed by atoms with E-state index in [0.717, 1.165) is 74.0 Å². The van der Waals surface area contributed by atoms with Crippen LogP contribution in [0.25, 0.3) is 100 Å². The molecular weight excluding hydrogens is 847 g/mol. The fourth-order valence-electron chi connectivity index (χ4n) is 8.96. The number of pyridine rings is 1. The lowest BCUT2D eigenvalue weighted by molar-refractivity contribution is -0.138. The van der Waals surface area contributed by atoms with Gasteiger partial charge in [0.2, 0.25) is 0 Å². The number of benzene rings is 7. The van der Waals surface area contributed by atoms with Gasteiger partial charge in [0, 0.05) is 61.8 Å². The third kappa shape index (κ3) is 6.93. The highest BCUT2D eigenvalue weighted by Gasteiger charge is 2.34. The van der Waals surface area contributed by atoms with Crippen molar-refractivity contribution in [1.82, 2.24) is 29.1 Å². The van der Waals surface area contributed by atoms with E-state index in [4.69, 9.17) is 15.0 Å². The molecule has 11 rings (SSSR count). The first kappa shape index (κ1) is 40.6. The van der Waals surface area contributed by atoms with E-state index >= 15 is 0 Å². The number of alkyl halides is 6. The number of rotatable bonds is 6. The van der Waals surface area contributed by atoms with Crippen LogP contribution in [-0.4, -0.2) is 29.1 Å². The topological polar surface area (TPSA) is 61.4 Å². The molecule has 4 aromatic heterocycles. The maximum atomic E-state index is 14.3. The average Bonchev–Trinajstić information content (AvgIpc) is 3.82. The van der Waals surface area contributed by atoms with Crippen molar-refractivity contribution in [1.29, 1.82) is 0 Å². The monoisotopic (exact) mass is 880 g/mol. The number of hydrogen-bond donors (Lipinski definition) is 0. The summed E-state index contributed by atoms with van der Waals surface area (Å²) in [6, 6.07) is 45.7. The van der Waals surface area contributed by atoms with Crippen LogP contribution in [0.4, 0.5) is 26.3 Å². The molecule has 0 aliphatic carbocycles.